The minimum Gasteiger partial charge on any atom is -0.497 e. The average Bonchev–Trinajstić information content (AvgIpc) is 3.38. The summed E-state index contributed by atoms with van der Waals surface area (Å²) in [7, 11) is 1.48. The summed E-state index contributed by atoms with van der Waals surface area (Å²) in [6.45, 7) is 0.369. The molecule has 0 atom stereocenters. The summed E-state index contributed by atoms with van der Waals surface area (Å²) < 4.78 is 5.27. The second-order valence-electron chi connectivity index (χ2n) is 9.42. The molecule has 4 aromatic carbocycles. The first kappa shape index (κ1) is 26.2. The van der Waals surface area contributed by atoms with Crippen LogP contribution < -0.4 is 15.8 Å². The zero-order valence-corrected chi connectivity index (χ0v) is 21.8. The van der Waals surface area contributed by atoms with E-state index in [2.05, 4.69) is 10.3 Å². The molecular weight excluding hydrogens is 504 g/mol. The van der Waals surface area contributed by atoms with Gasteiger partial charge in [0.1, 0.15) is 11.6 Å². The molecule has 5 rings (SSSR count). The summed E-state index contributed by atoms with van der Waals surface area (Å²) in [6.07, 6.45) is 2.35. The van der Waals surface area contributed by atoms with Crippen LogP contribution in [0.15, 0.2) is 91.1 Å². The quantitative estimate of drug-likeness (QED) is 0.129. The fraction of sp³-hybridized carbons (Fsp3) is 0.0938. The molecule has 0 aliphatic carbocycles. The van der Waals surface area contributed by atoms with E-state index in [-0.39, 0.29) is 17.3 Å². The molecule has 0 aliphatic heterocycles. The number of nitrogens with one attached hydrogen (secondary N) is 3. The Kier molecular flexibility index (Phi) is 7.33. The Hall–Kier alpha value is -5.37. The van der Waals surface area contributed by atoms with Crippen LogP contribution >= 0.6 is 0 Å². The van der Waals surface area contributed by atoms with Crippen LogP contribution in [0.2, 0.25) is 0 Å². The number of aromatic amines is 1. The molecule has 1 aromatic heterocycles. The number of hydrogen-bond acceptors (Lipinski definition) is 4. The summed E-state index contributed by atoms with van der Waals surface area (Å²) in [6, 6.07) is 25.4. The number of carbonyl (C=O) groups excluding carboxylic acids is 1. The van der Waals surface area contributed by atoms with Gasteiger partial charge in [0.05, 0.1) is 12.7 Å². The number of hydrogen-bond donors (Lipinski definition) is 5. The Morgan fingerprint density at radius 2 is 1.70 bits per heavy atom. The van der Waals surface area contributed by atoms with Gasteiger partial charge in [-0.3, -0.25) is 10.2 Å². The highest BCUT2D eigenvalue weighted by Crippen LogP contribution is 2.33. The zero-order chi connectivity index (χ0) is 28.2. The van der Waals surface area contributed by atoms with Crippen LogP contribution in [0.1, 0.15) is 43.0 Å². The summed E-state index contributed by atoms with van der Waals surface area (Å²) >= 11 is 0. The smallest absolute Gasteiger partial charge is 0.336 e. The lowest BCUT2D eigenvalue weighted by Gasteiger charge is -2.15. The number of amides is 1. The number of carbonyl (C=O) groups is 2. The predicted octanol–water partition coefficient (Wildman–Crippen LogP) is 5.35. The number of ether oxygens (including phenoxy) is 1. The number of carboxylic acid groups (broad SMARTS) is 1. The monoisotopic (exact) mass is 532 g/mol. The van der Waals surface area contributed by atoms with Gasteiger partial charge in [0.2, 0.25) is 0 Å². The van der Waals surface area contributed by atoms with Gasteiger partial charge in [-0.2, -0.15) is 0 Å². The molecular formula is C32H28N4O4. The largest absolute Gasteiger partial charge is 0.497 e. The lowest BCUT2D eigenvalue weighted by Crippen LogP contribution is -2.22. The lowest BCUT2D eigenvalue weighted by molar-refractivity contribution is 0.0697. The first-order valence-electron chi connectivity index (χ1n) is 12.6. The van der Waals surface area contributed by atoms with Crippen molar-refractivity contribution in [3.63, 3.8) is 0 Å². The van der Waals surface area contributed by atoms with E-state index in [1.54, 1.807) is 30.3 Å². The third-order valence-corrected chi connectivity index (χ3v) is 6.87. The molecule has 6 N–H and O–H groups in total. The lowest BCUT2D eigenvalue weighted by atomic mass is 9.90. The van der Waals surface area contributed by atoms with E-state index in [0.29, 0.717) is 41.0 Å². The third-order valence-electron chi connectivity index (χ3n) is 6.87. The molecule has 0 fully saturated rings. The number of amidine groups is 1. The topological polar surface area (TPSA) is 141 Å². The van der Waals surface area contributed by atoms with E-state index >= 15 is 0 Å². The maximum atomic E-state index is 13.1. The standard InChI is InChI=1S/C32H28N4O4/c1-40-24-10-11-25(28(16-24)32(38)39)26-15-22(31(37)36-17-19-5-3-2-4-6-19)8-7-20(26)13-23-18-35-29-12-9-21(30(33)34)14-27(23)29/h2-12,14-16,18,35H,13,17H2,1H3,(H3,33,34)(H,36,37)(H,38,39). The molecule has 1 heterocycles. The first-order valence-corrected chi connectivity index (χ1v) is 12.6. The number of methoxy groups -OCH3 is 1. The number of aromatic carboxylic acids is 1. The van der Waals surface area contributed by atoms with Gasteiger partial charge >= 0.3 is 5.97 Å². The van der Waals surface area contributed by atoms with Crippen LogP contribution in [0.25, 0.3) is 22.0 Å². The SMILES string of the molecule is COc1ccc(-c2cc(C(=O)NCc3ccccc3)ccc2Cc2c[nH]c3ccc(C(=N)N)cc23)c(C(=O)O)c1. The predicted molar refractivity (Wildman–Crippen MR) is 155 cm³/mol. The van der Waals surface area contributed by atoms with Gasteiger partial charge in [0.15, 0.2) is 0 Å². The van der Waals surface area contributed by atoms with Crippen molar-refractivity contribution in [1.82, 2.24) is 10.3 Å². The fourth-order valence-corrected chi connectivity index (χ4v) is 4.76. The van der Waals surface area contributed by atoms with Crippen LogP contribution in [0, 0.1) is 5.41 Å². The van der Waals surface area contributed by atoms with Crippen LogP contribution in [0.3, 0.4) is 0 Å². The first-order chi connectivity index (χ1) is 19.3. The number of benzene rings is 4. The molecule has 8 nitrogen and oxygen atoms in total. The van der Waals surface area contributed by atoms with Crippen molar-refractivity contribution in [3.8, 4) is 16.9 Å². The molecule has 8 heteroatoms. The molecule has 5 aromatic rings. The summed E-state index contributed by atoms with van der Waals surface area (Å²) in [5.74, 6) is -0.963. The normalized spacial score (nSPS) is 10.8. The Labute approximate surface area is 230 Å². The summed E-state index contributed by atoms with van der Waals surface area (Å²) in [4.78, 5) is 28.7. The highest BCUT2D eigenvalue weighted by atomic mass is 16.5. The summed E-state index contributed by atoms with van der Waals surface area (Å²) in [5, 5.41) is 21.7. The van der Waals surface area contributed by atoms with Crippen molar-refractivity contribution < 1.29 is 19.4 Å². The average molecular weight is 533 g/mol. The third kappa shape index (κ3) is 5.42. The van der Waals surface area contributed by atoms with Gasteiger partial charge in [-0.05, 0) is 76.3 Å². The van der Waals surface area contributed by atoms with Gasteiger partial charge in [-0.15, -0.1) is 0 Å². The minimum atomic E-state index is -1.10. The van der Waals surface area contributed by atoms with Crippen molar-refractivity contribution in [2.24, 2.45) is 5.73 Å². The highest BCUT2D eigenvalue weighted by Gasteiger charge is 2.19. The van der Waals surface area contributed by atoms with Gasteiger partial charge in [0, 0.05) is 41.2 Å². The van der Waals surface area contributed by atoms with E-state index < -0.39 is 5.97 Å². The van der Waals surface area contributed by atoms with E-state index in [1.165, 1.54) is 13.2 Å². The number of H-pyrrole nitrogens is 1. The molecule has 40 heavy (non-hydrogen) atoms. The molecule has 0 saturated carbocycles. The Balaban J connectivity index is 1.58. The molecule has 0 spiro atoms. The number of nitrogen functional groups attached to an aromatic ring is 1. The number of carboxylic acids is 1. The van der Waals surface area contributed by atoms with Crippen LogP contribution in [0.4, 0.5) is 0 Å². The van der Waals surface area contributed by atoms with Gasteiger partial charge in [-0.25, -0.2) is 4.79 Å². The van der Waals surface area contributed by atoms with Crippen molar-refractivity contribution in [2.45, 2.75) is 13.0 Å². The van der Waals surface area contributed by atoms with Crippen molar-refractivity contribution in [1.29, 1.82) is 5.41 Å². The van der Waals surface area contributed by atoms with E-state index in [1.807, 2.05) is 54.7 Å². The van der Waals surface area contributed by atoms with E-state index in [0.717, 1.165) is 27.6 Å². The van der Waals surface area contributed by atoms with Crippen LogP contribution in [0.5, 0.6) is 5.75 Å². The van der Waals surface area contributed by atoms with Crippen LogP contribution in [-0.2, 0) is 13.0 Å². The van der Waals surface area contributed by atoms with Crippen molar-refractivity contribution in [3.05, 3.63) is 125 Å². The highest BCUT2D eigenvalue weighted by molar-refractivity contribution is 6.01. The number of aromatic nitrogens is 1. The van der Waals surface area contributed by atoms with Gasteiger partial charge in [-0.1, -0.05) is 36.4 Å². The molecule has 0 aliphatic rings. The molecule has 200 valence electrons. The maximum absolute atomic E-state index is 13.1. The van der Waals surface area contributed by atoms with Gasteiger partial charge in [0.25, 0.3) is 5.91 Å². The zero-order valence-electron chi connectivity index (χ0n) is 21.8. The number of rotatable bonds is 9. The fourth-order valence-electron chi connectivity index (χ4n) is 4.76. The van der Waals surface area contributed by atoms with Crippen LogP contribution in [-0.4, -0.2) is 34.9 Å². The number of nitrogens with two attached hydrogens (primary N) is 1. The van der Waals surface area contributed by atoms with E-state index in [9.17, 15) is 14.7 Å². The maximum Gasteiger partial charge on any atom is 0.336 e. The molecule has 1 amide bonds. The van der Waals surface area contributed by atoms with Gasteiger partial charge < -0.3 is 25.9 Å². The Bertz CT molecular complexity index is 1740. The molecule has 0 unspecified atom stereocenters. The minimum absolute atomic E-state index is 0.0232. The molecule has 0 radical (unpaired) electrons. The van der Waals surface area contributed by atoms with E-state index in [4.69, 9.17) is 15.9 Å². The Morgan fingerprint density at radius 3 is 2.42 bits per heavy atom. The Morgan fingerprint density at radius 1 is 0.925 bits per heavy atom. The molecule has 0 saturated heterocycles. The second kappa shape index (κ2) is 11.2. The van der Waals surface area contributed by atoms with Crippen molar-refractivity contribution in [2.75, 3.05) is 7.11 Å². The number of fused-ring (bicyclic) bond motifs is 1. The summed E-state index contributed by atoms with van der Waals surface area (Å²) in [5.41, 5.74) is 11.6. The molecule has 0 bridgehead atoms. The van der Waals surface area contributed by atoms with Crippen molar-refractivity contribution >= 4 is 28.6 Å². The second-order valence-corrected chi connectivity index (χ2v) is 9.42.